The number of anilines is 3. The van der Waals surface area contributed by atoms with Crippen LogP contribution < -0.4 is 20.7 Å². The Morgan fingerprint density at radius 2 is 1.80 bits per heavy atom. The van der Waals surface area contributed by atoms with Crippen LogP contribution in [0.15, 0.2) is 52.9 Å². The SMILES string of the molecule is CC(=O)NCc1ccc(S(=O)(=O)NCCNc2ccc(Nc3ccccn3)nn2)s1. The first kappa shape index (κ1) is 21.6. The van der Waals surface area contributed by atoms with Crippen molar-refractivity contribution in [3.63, 3.8) is 0 Å². The van der Waals surface area contributed by atoms with Gasteiger partial charge in [-0.25, -0.2) is 18.1 Å². The Balaban J connectivity index is 1.44. The van der Waals surface area contributed by atoms with Crippen LogP contribution >= 0.6 is 11.3 Å². The number of amides is 1. The van der Waals surface area contributed by atoms with E-state index in [2.05, 4.69) is 35.9 Å². The van der Waals surface area contributed by atoms with Crippen LogP contribution in [0.5, 0.6) is 0 Å². The molecule has 30 heavy (non-hydrogen) atoms. The van der Waals surface area contributed by atoms with Crippen LogP contribution in [-0.2, 0) is 21.4 Å². The van der Waals surface area contributed by atoms with Gasteiger partial charge in [0.1, 0.15) is 15.8 Å². The maximum atomic E-state index is 12.4. The summed E-state index contributed by atoms with van der Waals surface area (Å²) in [6, 6.07) is 12.2. The molecule has 1 amide bonds. The number of sulfonamides is 1. The molecule has 0 fully saturated rings. The summed E-state index contributed by atoms with van der Waals surface area (Å²) in [7, 11) is -3.61. The fraction of sp³-hybridized carbons (Fsp3) is 0.222. The molecule has 0 saturated heterocycles. The summed E-state index contributed by atoms with van der Waals surface area (Å²) in [6.07, 6.45) is 1.67. The van der Waals surface area contributed by atoms with E-state index in [1.807, 2.05) is 18.2 Å². The van der Waals surface area contributed by atoms with E-state index < -0.39 is 10.0 Å². The lowest BCUT2D eigenvalue weighted by atomic mass is 10.4. The fourth-order valence-electron chi connectivity index (χ4n) is 2.32. The molecule has 0 radical (unpaired) electrons. The first-order valence-electron chi connectivity index (χ1n) is 9.01. The van der Waals surface area contributed by atoms with E-state index in [9.17, 15) is 13.2 Å². The molecule has 0 atom stereocenters. The van der Waals surface area contributed by atoms with E-state index in [0.29, 0.717) is 30.5 Å². The summed E-state index contributed by atoms with van der Waals surface area (Å²) < 4.78 is 27.4. The monoisotopic (exact) mass is 447 g/mol. The predicted molar refractivity (Wildman–Crippen MR) is 115 cm³/mol. The molecule has 0 bridgehead atoms. The van der Waals surface area contributed by atoms with Gasteiger partial charge in [-0.2, -0.15) is 0 Å². The lowest BCUT2D eigenvalue weighted by molar-refractivity contribution is -0.119. The summed E-state index contributed by atoms with van der Waals surface area (Å²) in [5.74, 6) is 1.57. The summed E-state index contributed by atoms with van der Waals surface area (Å²) in [6.45, 7) is 2.23. The zero-order chi connectivity index (χ0) is 21.4. The van der Waals surface area contributed by atoms with Gasteiger partial charge in [0, 0.05) is 31.1 Å². The Hall–Kier alpha value is -3.09. The Morgan fingerprint density at radius 1 is 1.00 bits per heavy atom. The Bertz CT molecular complexity index is 1070. The van der Waals surface area contributed by atoms with Gasteiger partial charge in [-0.3, -0.25) is 4.79 Å². The Kier molecular flexibility index (Phi) is 7.27. The minimum atomic E-state index is -3.61. The van der Waals surface area contributed by atoms with Crippen molar-refractivity contribution in [3.8, 4) is 0 Å². The second kappa shape index (κ2) is 10.1. The number of thiophene rings is 1. The van der Waals surface area contributed by atoms with Crippen molar-refractivity contribution in [2.75, 3.05) is 23.7 Å². The molecule has 0 spiro atoms. The number of hydrogen-bond donors (Lipinski definition) is 4. The number of carbonyl (C=O) groups is 1. The van der Waals surface area contributed by atoms with Crippen molar-refractivity contribution in [1.82, 2.24) is 25.2 Å². The summed E-state index contributed by atoms with van der Waals surface area (Å²) in [5, 5.41) is 16.8. The van der Waals surface area contributed by atoms with Gasteiger partial charge in [-0.15, -0.1) is 21.5 Å². The van der Waals surface area contributed by atoms with Gasteiger partial charge in [0.2, 0.25) is 15.9 Å². The molecule has 0 aliphatic rings. The smallest absolute Gasteiger partial charge is 0.250 e. The summed E-state index contributed by atoms with van der Waals surface area (Å²) >= 11 is 1.12. The van der Waals surface area contributed by atoms with Crippen LogP contribution in [0, 0.1) is 0 Å². The van der Waals surface area contributed by atoms with E-state index in [1.54, 1.807) is 24.4 Å². The molecule has 0 unspecified atom stereocenters. The lowest BCUT2D eigenvalue weighted by Gasteiger charge is -2.08. The number of nitrogens with one attached hydrogen (secondary N) is 4. The third-order valence-corrected chi connectivity index (χ3v) is 6.76. The van der Waals surface area contributed by atoms with Crippen molar-refractivity contribution in [1.29, 1.82) is 0 Å². The third-order valence-electron chi connectivity index (χ3n) is 3.72. The maximum absolute atomic E-state index is 12.4. The quantitative estimate of drug-likeness (QED) is 0.345. The second-order valence-electron chi connectivity index (χ2n) is 6.10. The van der Waals surface area contributed by atoms with Crippen LogP contribution in [0.1, 0.15) is 11.8 Å². The average molecular weight is 448 g/mol. The van der Waals surface area contributed by atoms with Crippen molar-refractivity contribution >= 4 is 44.7 Å². The fourth-order valence-corrected chi connectivity index (χ4v) is 4.69. The number of rotatable bonds is 10. The van der Waals surface area contributed by atoms with Gasteiger partial charge in [0.25, 0.3) is 0 Å². The van der Waals surface area contributed by atoms with Crippen LogP contribution in [0.2, 0.25) is 0 Å². The minimum Gasteiger partial charge on any atom is -0.367 e. The predicted octanol–water partition coefficient (Wildman–Crippen LogP) is 1.70. The zero-order valence-electron chi connectivity index (χ0n) is 16.1. The highest BCUT2D eigenvalue weighted by Gasteiger charge is 2.16. The Morgan fingerprint density at radius 3 is 2.50 bits per heavy atom. The van der Waals surface area contributed by atoms with E-state index >= 15 is 0 Å². The van der Waals surface area contributed by atoms with Crippen molar-refractivity contribution < 1.29 is 13.2 Å². The van der Waals surface area contributed by atoms with Crippen LogP contribution in [0.3, 0.4) is 0 Å². The molecule has 3 heterocycles. The molecule has 0 saturated carbocycles. The average Bonchev–Trinajstić information content (AvgIpc) is 3.22. The van der Waals surface area contributed by atoms with E-state index in [1.165, 1.54) is 13.0 Å². The number of aromatic nitrogens is 3. The summed E-state index contributed by atoms with van der Waals surface area (Å²) in [4.78, 5) is 15.9. The minimum absolute atomic E-state index is 0.166. The molecule has 3 aromatic rings. The third kappa shape index (κ3) is 6.47. The van der Waals surface area contributed by atoms with Gasteiger partial charge >= 0.3 is 0 Å². The number of pyridine rings is 1. The van der Waals surface area contributed by atoms with Gasteiger partial charge in [-0.1, -0.05) is 6.07 Å². The largest absolute Gasteiger partial charge is 0.367 e. The molecule has 158 valence electrons. The van der Waals surface area contributed by atoms with Crippen molar-refractivity contribution in [2.24, 2.45) is 0 Å². The van der Waals surface area contributed by atoms with Crippen LogP contribution in [0.25, 0.3) is 0 Å². The molecule has 3 aromatic heterocycles. The van der Waals surface area contributed by atoms with Crippen LogP contribution in [0.4, 0.5) is 17.5 Å². The molecule has 10 nitrogen and oxygen atoms in total. The second-order valence-corrected chi connectivity index (χ2v) is 9.26. The van der Waals surface area contributed by atoms with Gasteiger partial charge in [0.05, 0.1) is 6.54 Å². The van der Waals surface area contributed by atoms with Crippen LogP contribution in [-0.4, -0.2) is 42.6 Å². The lowest BCUT2D eigenvalue weighted by Crippen LogP contribution is -2.28. The maximum Gasteiger partial charge on any atom is 0.250 e. The van der Waals surface area contributed by atoms with Gasteiger partial charge < -0.3 is 16.0 Å². The standard InChI is InChI=1S/C18H21N7O3S2/c1-13(26)21-12-14-5-8-18(29-14)30(27,28)22-11-10-20-16-6-7-17(25-24-16)23-15-4-2-3-9-19-15/h2-9,22H,10-12H2,1H3,(H,20,24)(H,21,26)(H,19,23,25). The number of carbonyl (C=O) groups excluding carboxylic acids is 1. The van der Waals surface area contributed by atoms with Gasteiger partial charge in [-0.05, 0) is 36.4 Å². The molecule has 0 aliphatic heterocycles. The molecule has 0 aliphatic carbocycles. The van der Waals surface area contributed by atoms with Crippen molar-refractivity contribution in [3.05, 3.63) is 53.5 Å². The zero-order valence-corrected chi connectivity index (χ0v) is 17.8. The number of nitrogens with zero attached hydrogens (tertiary/aromatic N) is 3. The van der Waals surface area contributed by atoms with E-state index in [4.69, 9.17) is 0 Å². The van der Waals surface area contributed by atoms with E-state index in [-0.39, 0.29) is 16.7 Å². The molecule has 4 N–H and O–H groups in total. The number of hydrogen-bond acceptors (Lipinski definition) is 9. The highest BCUT2D eigenvalue weighted by Crippen LogP contribution is 2.21. The first-order valence-corrected chi connectivity index (χ1v) is 11.3. The Labute approximate surface area is 178 Å². The first-order chi connectivity index (χ1) is 14.4. The normalized spacial score (nSPS) is 11.1. The highest BCUT2D eigenvalue weighted by atomic mass is 32.2. The van der Waals surface area contributed by atoms with E-state index in [0.717, 1.165) is 16.2 Å². The molecule has 3 rings (SSSR count). The topological polar surface area (TPSA) is 138 Å². The summed E-state index contributed by atoms with van der Waals surface area (Å²) in [5.41, 5.74) is 0. The highest BCUT2D eigenvalue weighted by molar-refractivity contribution is 7.91. The molecular weight excluding hydrogens is 426 g/mol. The van der Waals surface area contributed by atoms with Crippen molar-refractivity contribution in [2.45, 2.75) is 17.7 Å². The van der Waals surface area contributed by atoms with Gasteiger partial charge in [0.15, 0.2) is 5.82 Å². The molecule has 12 heteroatoms. The molecular formula is C18H21N7O3S2. The molecule has 0 aromatic carbocycles.